The maximum Gasteiger partial charge on any atom is 0.418 e. The molecule has 2 rings (SSSR count). The molecule has 2 aliphatic rings. The smallest absolute Gasteiger partial charge is 0.380 e. The molecular weight excluding hydrogens is 299 g/mol. The van der Waals surface area contributed by atoms with Crippen LogP contribution in [0.3, 0.4) is 0 Å². The summed E-state index contributed by atoms with van der Waals surface area (Å²) in [4.78, 5) is 17.4. The molecule has 22 heavy (non-hydrogen) atoms. The van der Waals surface area contributed by atoms with Crippen LogP contribution in [0.15, 0.2) is 0 Å². The Bertz CT molecular complexity index is 407. The number of hydrogen-bond donors (Lipinski definition) is 1. The lowest BCUT2D eigenvalue weighted by Gasteiger charge is -2.39. The minimum Gasteiger partial charge on any atom is -0.380 e. The lowest BCUT2D eigenvalue weighted by molar-refractivity contribution is -0.258. The predicted octanol–water partition coefficient (Wildman–Crippen LogP) is 1.52. The van der Waals surface area contributed by atoms with E-state index < -0.39 is 18.3 Å². The van der Waals surface area contributed by atoms with Crippen molar-refractivity contribution in [3.8, 4) is 0 Å². The lowest BCUT2D eigenvalue weighted by atomic mass is 10.00. The molecule has 128 valence electrons. The van der Waals surface area contributed by atoms with Gasteiger partial charge >= 0.3 is 12.2 Å². The molecule has 0 aromatic rings. The SMILES string of the molecule is CCN1CCN(C2CCN(CC(C)(O)C(F)(F)F)CC2)C1=O. The molecule has 0 aliphatic carbocycles. The third-order valence-electron chi connectivity index (χ3n) is 4.65. The second-order valence-corrected chi connectivity index (χ2v) is 6.33. The predicted molar refractivity (Wildman–Crippen MR) is 75.5 cm³/mol. The first-order chi connectivity index (χ1) is 10.2. The van der Waals surface area contributed by atoms with Crippen molar-refractivity contribution in [2.45, 2.75) is 44.5 Å². The second kappa shape index (κ2) is 6.23. The molecule has 0 aromatic carbocycles. The van der Waals surface area contributed by atoms with Crippen molar-refractivity contribution in [3.05, 3.63) is 0 Å². The Hall–Kier alpha value is -1.02. The van der Waals surface area contributed by atoms with Crippen LogP contribution in [0.1, 0.15) is 26.7 Å². The number of likely N-dealkylation sites (N-methyl/N-ethyl adjacent to an activating group) is 1. The summed E-state index contributed by atoms with van der Waals surface area (Å²) in [6, 6.07) is 0.124. The van der Waals surface area contributed by atoms with Crippen LogP contribution < -0.4 is 0 Å². The molecule has 1 atom stereocenters. The molecule has 0 saturated carbocycles. The monoisotopic (exact) mass is 323 g/mol. The molecular formula is C14H24F3N3O2. The number of β-amino-alcohol motifs (C(OH)–C–C–N with tert-alkyl or cyclic N) is 1. The van der Waals surface area contributed by atoms with Crippen molar-refractivity contribution in [3.63, 3.8) is 0 Å². The number of likely N-dealkylation sites (tertiary alicyclic amines) is 1. The number of carbonyl (C=O) groups is 1. The van der Waals surface area contributed by atoms with Crippen molar-refractivity contribution in [1.29, 1.82) is 0 Å². The molecule has 2 amide bonds. The van der Waals surface area contributed by atoms with Gasteiger partial charge in [-0.25, -0.2) is 4.79 Å². The van der Waals surface area contributed by atoms with Crippen LogP contribution in [0, 0.1) is 0 Å². The summed E-state index contributed by atoms with van der Waals surface area (Å²) in [6.45, 7) is 5.35. The Morgan fingerprint density at radius 3 is 2.23 bits per heavy atom. The van der Waals surface area contributed by atoms with Gasteiger partial charge in [0.25, 0.3) is 0 Å². The molecule has 2 saturated heterocycles. The maximum absolute atomic E-state index is 12.7. The fourth-order valence-corrected chi connectivity index (χ4v) is 3.15. The van der Waals surface area contributed by atoms with Crippen LogP contribution in [-0.2, 0) is 0 Å². The number of carbonyl (C=O) groups excluding carboxylic acids is 1. The topological polar surface area (TPSA) is 47.0 Å². The maximum atomic E-state index is 12.7. The van der Waals surface area contributed by atoms with Gasteiger partial charge in [-0.3, -0.25) is 4.90 Å². The molecule has 0 aromatic heterocycles. The number of aliphatic hydroxyl groups is 1. The van der Waals surface area contributed by atoms with E-state index >= 15 is 0 Å². The van der Waals surface area contributed by atoms with Crippen molar-refractivity contribution in [2.75, 3.05) is 39.3 Å². The number of rotatable bonds is 4. The zero-order valence-electron chi connectivity index (χ0n) is 13.1. The third-order valence-corrected chi connectivity index (χ3v) is 4.65. The minimum absolute atomic E-state index is 0.0308. The van der Waals surface area contributed by atoms with Crippen molar-refractivity contribution >= 4 is 6.03 Å². The average Bonchev–Trinajstić information content (AvgIpc) is 2.79. The minimum atomic E-state index is -4.63. The third kappa shape index (κ3) is 3.48. The summed E-state index contributed by atoms with van der Waals surface area (Å²) in [5.74, 6) is 0. The quantitative estimate of drug-likeness (QED) is 0.853. The summed E-state index contributed by atoms with van der Waals surface area (Å²) >= 11 is 0. The summed E-state index contributed by atoms with van der Waals surface area (Å²) in [5, 5.41) is 9.55. The summed E-state index contributed by atoms with van der Waals surface area (Å²) < 4.78 is 38.1. The number of nitrogens with zero attached hydrogens (tertiary/aromatic N) is 3. The van der Waals surface area contributed by atoms with Gasteiger partial charge in [-0.15, -0.1) is 0 Å². The van der Waals surface area contributed by atoms with Crippen LogP contribution in [0.4, 0.5) is 18.0 Å². The van der Waals surface area contributed by atoms with Crippen molar-refractivity contribution in [2.24, 2.45) is 0 Å². The summed E-state index contributed by atoms with van der Waals surface area (Å²) in [7, 11) is 0. The average molecular weight is 323 g/mol. The van der Waals surface area contributed by atoms with Gasteiger partial charge in [-0.05, 0) is 26.7 Å². The Balaban J connectivity index is 1.85. The number of piperidine rings is 1. The van der Waals surface area contributed by atoms with Gasteiger partial charge < -0.3 is 14.9 Å². The standard InChI is InChI=1S/C14H24F3N3O2/c1-3-19-8-9-20(12(19)21)11-4-6-18(7-5-11)10-13(2,22)14(15,16)17/h11,22H,3-10H2,1-2H3. The lowest BCUT2D eigenvalue weighted by Crippen LogP contribution is -2.54. The number of alkyl halides is 3. The first-order valence-electron chi connectivity index (χ1n) is 7.72. The van der Waals surface area contributed by atoms with Crippen LogP contribution in [0.25, 0.3) is 0 Å². The number of halogens is 3. The van der Waals surface area contributed by atoms with Gasteiger partial charge in [0.05, 0.1) is 0 Å². The highest BCUT2D eigenvalue weighted by Crippen LogP contribution is 2.31. The van der Waals surface area contributed by atoms with Crippen molar-refractivity contribution < 1.29 is 23.1 Å². The number of amides is 2. The van der Waals surface area contributed by atoms with Crippen molar-refractivity contribution in [1.82, 2.24) is 14.7 Å². The van der Waals surface area contributed by atoms with Gasteiger partial charge in [-0.1, -0.05) is 0 Å². The van der Waals surface area contributed by atoms with E-state index in [4.69, 9.17) is 0 Å². The fourth-order valence-electron chi connectivity index (χ4n) is 3.15. The molecule has 2 heterocycles. The first kappa shape index (κ1) is 17.3. The molecule has 1 unspecified atom stereocenters. The Kier molecular flexibility index (Phi) is 4.91. The molecule has 5 nitrogen and oxygen atoms in total. The molecule has 2 fully saturated rings. The Morgan fingerprint density at radius 2 is 1.77 bits per heavy atom. The van der Waals surface area contributed by atoms with Crippen LogP contribution >= 0.6 is 0 Å². The van der Waals surface area contributed by atoms with E-state index in [-0.39, 0.29) is 12.1 Å². The molecule has 8 heteroatoms. The summed E-state index contributed by atoms with van der Waals surface area (Å²) in [6.07, 6.45) is -3.33. The highest BCUT2D eigenvalue weighted by molar-refractivity contribution is 5.76. The zero-order valence-corrected chi connectivity index (χ0v) is 13.1. The van der Waals surface area contributed by atoms with Crippen LogP contribution in [-0.4, -0.2) is 82.9 Å². The highest BCUT2D eigenvalue weighted by Gasteiger charge is 2.51. The highest BCUT2D eigenvalue weighted by atomic mass is 19.4. The second-order valence-electron chi connectivity index (χ2n) is 6.33. The first-order valence-corrected chi connectivity index (χ1v) is 7.72. The van der Waals surface area contributed by atoms with Gasteiger partial charge in [0.1, 0.15) is 0 Å². The Morgan fingerprint density at radius 1 is 1.18 bits per heavy atom. The van der Waals surface area contributed by atoms with E-state index in [1.807, 2.05) is 11.8 Å². The van der Waals surface area contributed by atoms with Crippen LogP contribution in [0.5, 0.6) is 0 Å². The van der Waals surface area contributed by atoms with E-state index in [2.05, 4.69) is 0 Å². The number of hydrogen-bond acceptors (Lipinski definition) is 3. The molecule has 0 spiro atoms. The van der Waals surface area contributed by atoms with Gasteiger partial charge in [-0.2, -0.15) is 13.2 Å². The van der Waals surface area contributed by atoms with Gasteiger partial charge in [0.2, 0.25) is 0 Å². The van der Waals surface area contributed by atoms with E-state index in [9.17, 15) is 23.1 Å². The molecule has 2 aliphatic heterocycles. The normalized spacial score (nSPS) is 24.9. The Labute approximate surface area is 128 Å². The molecule has 1 N–H and O–H groups in total. The molecule has 0 radical (unpaired) electrons. The zero-order chi connectivity index (χ0) is 16.5. The van der Waals surface area contributed by atoms with E-state index in [1.54, 1.807) is 9.80 Å². The van der Waals surface area contributed by atoms with Crippen LogP contribution in [0.2, 0.25) is 0 Å². The largest absolute Gasteiger partial charge is 0.418 e. The van der Waals surface area contributed by atoms with Gasteiger partial charge in [0.15, 0.2) is 5.60 Å². The summed E-state index contributed by atoms with van der Waals surface area (Å²) in [5.41, 5.74) is -2.69. The number of urea groups is 1. The molecule has 0 bridgehead atoms. The fraction of sp³-hybridized carbons (Fsp3) is 0.929. The van der Waals surface area contributed by atoms with E-state index in [0.717, 1.165) is 13.5 Å². The van der Waals surface area contributed by atoms with E-state index in [0.29, 0.717) is 39.0 Å². The van der Waals surface area contributed by atoms with E-state index in [1.165, 1.54) is 0 Å². The van der Waals surface area contributed by atoms with Gasteiger partial charge in [0, 0.05) is 45.3 Å².